The highest BCUT2D eigenvalue weighted by Crippen LogP contribution is 2.24. The van der Waals surface area contributed by atoms with Crippen LogP contribution in [0.1, 0.15) is 32.1 Å². The summed E-state index contributed by atoms with van der Waals surface area (Å²) in [5.41, 5.74) is 0. The molecule has 0 unspecified atom stereocenters. The van der Waals surface area contributed by atoms with E-state index >= 15 is 0 Å². The van der Waals surface area contributed by atoms with Crippen LogP contribution < -0.4 is 0 Å². The van der Waals surface area contributed by atoms with Crippen LogP contribution in [0.4, 0.5) is 0 Å². The first-order valence-corrected chi connectivity index (χ1v) is 4.62. The molecule has 1 rings (SSSR count). The summed E-state index contributed by atoms with van der Waals surface area (Å²) >= 11 is 0. The largest absolute Gasteiger partial charge is 0.300 e. The Morgan fingerprint density at radius 3 is 2.67 bits per heavy atom. The maximum absolute atomic E-state index is 10.9. The Labute approximate surface area is 74.2 Å². The highest BCUT2D eigenvalue weighted by molar-refractivity contribution is 5.79. The van der Waals surface area contributed by atoms with Gasteiger partial charge in [-0.1, -0.05) is 24.8 Å². The van der Waals surface area contributed by atoms with Gasteiger partial charge >= 0.3 is 0 Å². The zero-order chi connectivity index (χ0) is 8.81. The Balaban J connectivity index is 2.21. The van der Waals surface area contributed by atoms with Gasteiger partial charge in [0.1, 0.15) is 5.78 Å². The van der Waals surface area contributed by atoms with E-state index in [1.165, 1.54) is 0 Å². The molecule has 0 aliphatic heterocycles. The van der Waals surface area contributed by atoms with E-state index in [1.807, 2.05) is 6.08 Å². The average Bonchev–Trinajstić information content (AvgIpc) is 2.09. The van der Waals surface area contributed by atoms with Crippen molar-refractivity contribution in [3.8, 4) is 0 Å². The fourth-order valence-corrected chi connectivity index (χ4v) is 1.60. The lowest BCUT2D eigenvalue weighted by Gasteiger charge is -2.18. The fourth-order valence-electron chi connectivity index (χ4n) is 1.60. The van der Waals surface area contributed by atoms with Crippen LogP contribution in [0.25, 0.3) is 0 Å². The molecule has 0 atom stereocenters. The van der Waals surface area contributed by atoms with E-state index in [0.717, 1.165) is 38.0 Å². The van der Waals surface area contributed by atoms with E-state index < -0.39 is 0 Å². The first-order valence-electron chi connectivity index (χ1n) is 4.62. The van der Waals surface area contributed by atoms with Crippen LogP contribution in [-0.4, -0.2) is 5.78 Å². The summed E-state index contributed by atoms with van der Waals surface area (Å²) in [5, 5.41) is 0. The summed E-state index contributed by atoms with van der Waals surface area (Å²) in [6.07, 6.45) is 10.8. The van der Waals surface area contributed by atoms with E-state index in [-0.39, 0.29) is 0 Å². The third-order valence-corrected chi connectivity index (χ3v) is 2.40. The summed E-state index contributed by atoms with van der Waals surface area (Å²) in [5.74, 6) is 1.18. The van der Waals surface area contributed by atoms with E-state index in [9.17, 15) is 4.79 Å². The van der Waals surface area contributed by atoms with E-state index in [0.29, 0.717) is 5.78 Å². The van der Waals surface area contributed by atoms with Gasteiger partial charge in [0.2, 0.25) is 0 Å². The van der Waals surface area contributed by atoms with Gasteiger partial charge in [0, 0.05) is 12.8 Å². The highest BCUT2D eigenvalue weighted by Gasteiger charge is 2.16. The van der Waals surface area contributed by atoms with Gasteiger partial charge in [-0.15, -0.1) is 0 Å². The quantitative estimate of drug-likeness (QED) is 0.586. The number of hydrogen-bond donors (Lipinski definition) is 0. The van der Waals surface area contributed by atoms with Crippen molar-refractivity contribution in [1.82, 2.24) is 0 Å². The number of ketones is 1. The minimum absolute atomic E-state index is 0.443. The van der Waals surface area contributed by atoms with Crippen molar-refractivity contribution in [2.45, 2.75) is 32.1 Å². The van der Waals surface area contributed by atoms with Crippen LogP contribution in [0.3, 0.4) is 0 Å². The SMILES string of the molecule is C=C/C=C/CC1CCC(=O)CC1. The molecular formula is C11H16O. The zero-order valence-electron chi connectivity index (χ0n) is 7.46. The average molecular weight is 164 g/mol. The second-order valence-corrected chi connectivity index (χ2v) is 3.38. The fraction of sp³-hybridized carbons (Fsp3) is 0.545. The lowest BCUT2D eigenvalue weighted by Crippen LogP contribution is -2.12. The predicted octanol–water partition coefficient (Wildman–Crippen LogP) is 2.88. The topological polar surface area (TPSA) is 17.1 Å². The Kier molecular flexibility index (Phi) is 3.78. The molecule has 1 aliphatic carbocycles. The third-order valence-electron chi connectivity index (χ3n) is 2.40. The van der Waals surface area contributed by atoms with E-state index in [2.05, 4.69) is 12.7 Å². The number of rotatable bonds is 3. The molecule has 1 saturated carbocycles. The second kappa shape index (κ2) is 4.91. The maximum atomic E-state index is 10.9. The van der Waals surface area contributed by atoms with Crippen LogP contribution >= 0.6 is 0 Å². The van der Waals surface area contributed by atoms with Crippen molar-refractivity contribution in [2.75, 3.05) is 0 Å². The van der Waals surface area contributed by atoms with Crippen molar-refractivity contribution >= 4 is 5.78 Å². The summed E-state index contributed by atoms with van der Waals surface area (Å²) in [6.45, 7) is 3.61. The summed E-state index contributed by atoms with van der Waals surface area (Å²) < 4.78 is 0. The van der Waals surface area contributed by atoms with Gasteiger partial charge in [0.15, 0.2) is 0 Å². The molecule has 0 N–H and O–H groups in total. The number of carbonyl (C=O) groups excluding carboxylic acids is 1. The summed E-state index contributed by atoms with van der Waals surface area (Å²) in [7, 11) is 0. The molecule has 0 saturated heterocycles. The maximum Gasteiger partial charge on any atom is 0.132 e. The molecule has 0 aromatic carbocycles. The van der Waals surface area contributed by atoms with Crippen molar-refractivity contribution in [3.63, 3.8) is 0 Å². The molecule has 0 spiro atoms. The number of Topliss-reactive ketones (excluding diaryl/α,β-unsaturated/α-hetero) is 1. The van der Waals surface area contributed by atoms with Crippen LogP contribution in [-0.2, 0) is 4.79 Å². The Morgan fingerprint density at radius 2 is 2.08 bits per heavy atom. The van der Waals surface area contributed by atoms with Gasteiger partial charge in [-0.05, 0) is 25.2 Å². The third kappa shape index (κ3) is 3.04. The lowest BCUT2D eigenvalue weighted by molar-refractivity contribution is -0.120. The molecule has 1 fully saturated rings. The first kappa shape index (κ1) is 9.24. The Hall–Kier alpha value is -0.850. The van der Waals surface area contributed by atoms with Crippen LogP contribution in [0.15, 0.2) is 24.8 Å². The van der Waals surface area contributed by atoms with Crippen LogP contribution in [0.2, 0.25) is 0 Å². The molecule has 0 amide bonds. The van der Waals surface area contributed by atoms with Gasteiger partial charge in [0.25, 0.3) is 0 Å². The van der Waals surface area contributed by atoms with Gasteiger partial charge in [-0.3, -0.25) is 4.79 Å². The predicted molar refractivity (Wildman–Crippen MR) is 50.9 cm³/mol. The lowest BCUT2D eigenvalue weighted by atomic mass is 9.86. The number of allylic oxidation sites excluding steroid dienone is 3. The molecule has 0 aromatic rings. The molecule has 0 radical (unpaired) electrons. The van der Waals surface area contributed by atoms with Gasteiger partial charge in [0.05, 0.1) is 0 Å². The molecule has 0 bridgehead atoms. The van der Waals surface area contributed by atoms with E-state index in [4.69, 9.17) is 0 Å². The Morgan fingerprint density at radius 1 is 1.42 bits per heavy atom. The molecule has 0 aromatic heterocycles. The molecule has 66 valence electrons. The first-order chi connectivity index (χ1) is 5.83. The monoisotopic (exact) mass is 164 g/mol. The van der Waals surface area contributed by atoms with Crippen molar-refractivity contribution < 1.29 is 4.79 Å². The smallest absolute Gasteiger partial charge is 0.132 e. The van der Waals surface area contributed by atoms with Crippen molar-refractivity contribution in [1.29, 1.82) is 0 Å². The molecule has 1 aliphatic rings. The van der Waals surface area contributed by atoms with Crippen LogP contribution in [0.5, 0.6) is 0 Å². The minimum atomic E-state index is 0.443. The molecule has 0 heterocycles. The van der Waals surface area contributed by atoms with Crippen molar-refractivity contribution in [2.24, 2.45) is 5.92 Å². The molecular weight excluding hydrogens is 148 g/mol. The standard InChI is InChI=1S/C11H16O/c1-2-3-4-5-10-6-8-11(12)9-7-10/h2-4,10H,1,5-9H2/b4-3+. The van der Waals surface area contributed by atoms with Crippen molar-refractivity contribution in [3.05, 3.63) is 24.8 Å². The Bertz CT molecular complexity index is 181. The van der Waals surface area contributed by atoms with Gasteiger partial charge < -0.3 is 0 Å². The van der Waals surface area contributed by atoms with E-state index in [1.54, 1.807) is 6.08 Å². The minimum Gasteiger partial charge on any atom is -0.300 e. The van der Waals surface area contributed by atoms with Gasteiger partial charge in [-0.25, -0.2) is 0 Å². The highest BCUT2D eigenvalue weighted by atomic mass is 16.1. The van der Waals surface area contributed by atoms with Crippen LogP contribution in [0, 0.1) is 5.92 Å². The molecule has 1 heteroatoms. The number of hydrogen-bond acceptors (Lipinski definition) is 1. The second-order valence-electron chi connectivity index (χ2n) is 3.38. The number of carbonyl (C=O) groups is 1. The summed E-state index contributed by atoms with van der Waals surface area (Å²) in [4.78, 5) is 10.9. The molecule has 1 nitrogen and oxygen atoms in total. The zero-order valence-corrected chi connectivity index (χ0v) is 7.46. The molecule has 12 heavy (non-hydrogen) atoms. The summed E-state index contributed by atoms with van der Waals surface area (Å²) in [6, 6.07) is 0. The normalized spacial score (nSPS) is 20.2. The van der Waals surface area contributed by atoms with Gasteiger partial charge in [-0.2, -0.15) is 0 Å².